The van der Waals surface area contributed by atoms with Crippen LogP contribution in [0.3, 0.4) is 0 Å². The van der Waals surface area contributed by atoms with Gasteiger partial charge in [0.2, 0.25) is 0 Å². The van der Waals surface area contributed by atoms with Crippen molar-refractivity contribution in [2.45, 2.75) is 24.9 Å². The first-order valence-electron chi connectivity index (χ1n) is 7.00. The molecule has 0 saturated heterocycles. The van der Waals surface area contributed by atoms with Crippen molar-refractivity contribution in [3.8, 4) is 0 Å². The van der Waals surface area contributed by atoms with Gasteiger partial charge in [-0.25, -0.2) is 0 Å². The summed E-state index contributed by atoms with van der Waals surface area (Å²) >= 11 is 2.22. The molecule has 0 bridgehead atoms. The molecule has 0 aliphatic carbocycles. The van der Waals surface area contributed by atoms with Crippen LogP contribution in [-0.2, 0) is 0 Å². The predicted molar refractivity (Wildman–Crippen MR) is 87.3 cm³/mol. The average molecular weight is 244 g/mol. The fourth-order valence-corrected chi connectivity index (χ4v) is 1.32. The molecule has 0 nitrogen and oxygen atoms in total. The maximum absolute atomic E-state index is 2.22. The molecule has 94 valence electrons. The van der Waals surface area contributed by atoms with E-state index in [1.54, 1.807) is 0 Å². The summed E-state index contributed by atoms with van der Waals surface area (Å²) in [6, 6.07) is 20.6. The Morgan fingerprint density at radius 2 is 1.16 bits per heavy atom. The minimum atomic E-state index is 0.884. The molecule has 0 saturated carbocycles. The second kappa shape index (κ2) is 9.67. The number of hydrogen-bond donors (Lipinski definition) is 0. The topological polar surface area (TPSA) is 0 Å². The number of hydrogen-bond acceptors (Lipinski definition) is 0. The van der Waals surface area contributed by atoms with Crippen molar-refractivity contribution in [3.63, 3.8) is 0 Å². The van der Waals surface area contributed by atoms with E-state index in [1.165, 1.54) is 17.5 Å². The van der Waals surface area contributed by atoms with Crippen LogP contribution in [0.5, 0.6) is 0 Å². The quantitative estimate of drug-likeness (QED) is 0.512. The van der Waals surface area contributed by atoms with Crippen LogP contribution in [0.15, 0.2) is 60.7 Å². The first kappa shape index (κ1) is 15.8. The van der Waals surface area contributed by atoms with Gasteiger partial charge in [-0.1, -0.05) is 72.8 Å². The van der Waals surface area contributed by atoms with Gasteiger partial charge in [0.15, 0.2) is 0 Å². The zero-order chi connectivity index (χ0) is 13.9. The molecule has 0 N–H and O–H groups in total. The molecule has 2 aromatic carbocycles. The van der Waals surface area contributed by atoms with Crippen LogP contribution in [0, 0.1) is 0 Å². The molecule has 2 aromatic rings. The third-order valence-electron chi connectivity index (χ3n) is 2.88. The van der Waals surface area contributed by atoms with Crippen LogP contribution < -0.4 is 0 Å². The van der Waals surface area contributed by atoms with Gasteiger partial charge in [-0.15, -0.1) is 0 Å². The fraction of sp³-hybridized carbons (Fsp3) is 0.222. The Morgan fingerprint density at radius 1 is 0.842 bits per heavy atom. The van der Waals surface area contributed by atoms with Gasteiger partial charge in [-0.2, -0.15) is 0 Å². The summed E-state index contributed by atoms with van der Waals surface area (Å²) in [4.78, 5) is 0. The Kier molecular flexibility index (Phi) is 8.06. The average Bonchev–Trinajstić information content (AvgIpc) is 2.48. The van der Waals surface area contributed by atoms with E-state index in [9.17, 15) is 0 Å². The molecular weight excluding hydrogens is 223 g/mol. The van der Waals surface area contributed by atoms with E-state index in [4.69, 9.17) is 0 Å². The molecule has 0 fully saturated rings. The summed E-state index contributed by atoms with van der Waals surface area (Å²) in [5, 5.41) is 0. The van der Waals surface area contributed by atoms with Crippen molar-refractivity contribution in [1.82, 2.24) is 0 Å². The zero-order valence-corrected chi connectivity index (χ0v) is 12.2. The molecule has 19 heavy (non-hydrogen) atoms. The predicted octanol–water partition coefficient (Wildman–Crippen LogP) is 5.23. The van der Waals surface area contributed by atoms with Crippen LogP contribution in [0.2, 0.25) is 4.59 Å². The molecule has 2 rings (SSSR count). The first-order valence-corrected chi connectivity index (χ1v) is 7.00. The van der Waals surface area contributed by atoms with Crippen molar-refractivity contribution in [2.75, 3.05) is 0 Å². The van der Waals surface area contributed by atoms with E-state index < -0.39 is 0 Å². The Balaban J connectivity index is 0.000000312. The molecule has 0 spiro atoms. The zero-order valence-electron chi connectivity index (χ0n) is 12.2. The standard InChI is InChI=1S/C14H12.C4H9.Li/c1-3-7-13(8-4-1)11-12-14-9-5-2-6-10-14;1-3-4-2;/h1-12H;3H,4H2,1-2H3;. The fourth-order valence-electron chi connectivity index (χ4n) is 1.32. The molecule has 0 radical (unpaired) electrons. The van der Waals surface area contributed by atoms with Gasteiger partial charge in [0, 0.05) is 0 Å². The van der Waals surface area contributed by atoms with Crippen LogP contribution in [0.25, 0.3) is 12.2 Å². The summed E-state index contributed by atoms with van der Waals surface area (Å²) in [5.74, 6) is 0. The van der Waals surface area contributed by atoms with Gasteiger partial charge >= 0.3 is 42.6 Å². The van der Waals surface area contributed by atoms with E-state index in [2.05, 4.69) is 68.0 Å². The summed E-state index contributed by atoms with van der Waals surface area (Å²) in [7, 11) is 0. The first-order chi connectivity index (χ1) is 9.22. The normalized spacial score (nSPS) is 11.8. The minimum absolute atomic E-state index is 0.884. The van der Waals surface area contributed by atoms with Gasteiger partial charge in [-0.3, -0.25) is 0 Å². The third-order valence-corrected chi connectivity index (χ3v) is 2.88. The third kappa shape index (κ3) is 7.73. The second-order valence-electron chi connectivity index (χ2n) is 4.96. The van der Waals surface area contributed by atoms with Gasteiger partial charge in [0.25, 0.3) is 0 Å². The van der Waals surface area contributed by atoms with Crippen molar-refractivity contribution in [1.29, 1.82) is 0 Å². The molecular formula is C18H21Li. The van der Waals surface area contributed by atoms with E-state index >= 15 is 0 Å². The Labute approximate surface area is 126 Å². The summed E-state index contributed by atoms with van der Waals surface area (Å²) < 4.78 is 0.884. The Hall–Kier alpha value is -1.22. The van der Waals surface area contributed by atoms with Gasteiger partial charge < -0.3 is 0 Å². The van der Waals surface area contributed by atoms with Crippen molar-refractivity contribution in [2.24, 2.45) is 0 Å². The van der Waals surface area contributed by atoms with Crippen LogP contribution >= 0.6 is 0 Å². The molecule has 1 atom stereocenters. The van der Waals surface area contributed by atoms with Crippen molar-refractivity contribution >= 4 is 29.9 Å². The Bertz CT molecular complexity index is 416. The monoisotopic (exact) mass is 244 g/mol. The van der Waals surface area contributed by atoms with E-state index in [0.717, 1.165) is 4.59 Å². The Morgan fingerprint density at radius 3 is 1.42 bits per heavy atom. The summed E-state index contributed by atoms with van der Waals surface area (Å²) in [6.07, 6.45) is 5.55. The van der Waals surface area contributed by atoms with Gasteiger partial charge in [0.1, 0.15) is 0 Å². The molecule has 0 aliphatic rings. The molecule has 0 heterocycles. The number of rotatable bonds is 3. The molecule has 0 amide bonds. The summed E-state index contributed by atoms with van der Waals surface area (Å²) in [5.41, 5.74) is 2.47. The van der Waals surface area contributed by atoms with E-state index in [0.29, 0.717) is 0 Å². The van der Waals surface area contributed by atoms with Crippen molar-refractivity contribution < 1.29 is 0 Å². The van der Waals surface area contributed by atoms with Crippen LogP contribution in [-0.4, -0.2) is 17.7 Å². The SMILES string of the molecule is C(=Cc1ccccc1)c1ccccc1.[Li][CH](C)CC. The van der Waals surface area contributed by atoms with Crippen molar-refractivity contribution in [3.05, 3.63) is 71.8 Å². The van der Waals surface area contributed by atoms with Crippen LogP contribution in [0.4, 0.5) is 0 Å². The summed E-state index contributed by atoms with van der Waals surface area (Å²) in [6.45, 7) is 4.42. The van der Waals surface area contributed by atoms with Crippen LogP contribution in [0.1, 0.15) is 31.4 Å². The molecule has 0 aliphatic heterocycles. The van der Waals surface area contributed by atoms with Gasteiger partial charge in [-0.05, 0) is 11.1 Å². The maximum atomic E-state index is 2.22. The number of benzene rings is 2. The van der Waals surface area contributed by atoms with E-state index in [-0.39, 0.29) is 0 Å². The molecule has 1 unspecified atom stereocenters. The van der Waals surface area contributed by atoms with Gasteiger partial charge in [0.05, 0.1) is 0 Å². The molecule has 0 aromatic heterocycles. The van der Waals surface area contributed by atoms with E-state index in [1.807, 2.05) is 36.4 Å². The molecule has 1 heteroatoms. The second-order valence-corrected chi connectivity index (χ2v) is 4.96.